The Morgan fingerprint density at radius 1 is 1.76 bits per heavy atom. The summed E-state index contributed by atoms with van der Waals surface area (Å²) in [6.07, 6.45) is 0.394. The van der Waals surface area contributed by atoms with E-state index in [0.29, 0.717) is 5.82 Å². The second kappa shape index (κ2) is 6.23. The van der Waals surface area contributed by atoms with Crippen LogP contribution in [0, 0.1) is 17.0 Å². The first kappa shape index (κ1) is 14.3. The number of hydrogen-bond donors (Lipinski definition) is 2. The van der Waals surface area contributed by atoms with Crippen LogP contribution >= 0.6 is 20.2 Å². The van der Waals surface area contributed by atoms with Crippen LogP contribution in [0.4, 0.5) is 5.82 Å². The second-order valence-electron chi connectivity index (χ2n) is 3.17. The Morgan fingerprint density at radius 2 is 2.41 bits per heavy atom. The topological polar surface area (TPSA) is 111 Å². The van der Waals surface area contributed by atoms with E-state index in [1.54, 1.807) is 6.92 Å². The fraction of sp³-hybridized carbons (Fsp3) is 0.571. The molecule has 0 amide bonds. The van der Waals surface area contributed by atoms with Gasteiger partial charge in [0, 0.05) is 6.92 Å². The van der Waals surface area contributed by atoms with E-state index in [4.69, 9.17) is 25.9 Å². The van der Waals surface area contributed by atoms with Crippen molar-refractivity contribution in [3.8, 4) is 0 Å². The van der Waals surface area contributed by atoms with Gasteiger partial charge in [0.2, 0.25) is 0 Å². The zero-order valence-corrected chi connectivity index (χ0v) is 10.5. The maximum absolute atomic E-state index is 10.7. The van der Waals surface area contributed by atoms with Gasteiger partial charge in [-0.15, -0.1) is 11.6 Å². The molecule has 1 heterocycles. The Labute approximate surface area is 103 Å². The minimum Gasteiger partial charge on any atom is -0.358 e. The van der Waals surface area contributed by atoms with Gasteiger partial charge in [0.1, 0.15) is 18.8 Å². The molecule has 0 saturated heterocycles. The number of hydrogen-bond acceptors (Lipinski definition) is 6. The second-order valence-corrected chi connectivity index (χ2v) is 4.19. The maximum Gasteiger partial charge on any atom is 0.342 e. The van der Waals surface area contributed by atoms with Crippen LogP contribution in [-0.2, 0) is 11.1 Å². The molecule has 2 N–H and O–H groups in total. The summed E-state index contributed by atoms with van der Waals surface area (Å²) in [5.41, 5.74) is 0. The van der Waals surface area contributed by atoms with Crippen LogP contribution in [0.2, 0.25) is 0 Å². The summed E-state index contributed by atoms with van der Waals surface area (Å²) in [6, 6.07) is 0. The molecule has 1 aromatic heterocycles. The van der Waals surface area contributed by atoms with Crippen molar-refractivity contribution in [2.75, 3.05) is 5.88 Å². The van der Waals surface area contributed by atoms with E-state index in [0.717, 1.165) is 6.20 Å². The minimum absolute atomic E-state index is 0.0191. The lowest BCUT2D eigenvalue weighted by Gasteiger charge is -2.14. The molecular weight excluding hydrogens is 273 g/mol. The summed E-state index contributed by atoms with van der Waals surface area (Å²) < 4.78 is 6.03. The average Bonchev–Trinajstić information content (AvgIpc) is 2.59. The normalized spacial score (nSPS) is 13.0. The van der Waals surface area contributed by atoms with E-state index in [2.05, 4.69) is 4.98 Å². The maximum atomic E-state index is 10.7. The summed E-state index contributed by atoms with van der Waals surface area (Å²) in [7, 11) is -2.55. The molecular formula is C7H11ClN3O5P. The molecule has 0 aliphatic carbocycles. The Balaban J connectivity index is 2.85. The van der Waals surface area contributed by atoms with E-state index < -0.39 is 19.6 Å². The number of rotatable bonds is 6. The average molecular weight is 284 g/mol. The zero-order chi connectivity index (χ0) is 13.0. The standard InChI is InChI=1S/C7H11ClN3O5P/c1-5-9-3-7(11(12)13)10(5)4-6(2-8)16-17(14)15/h3,6,14-15H,2,4H2,1H3/t6-/m0/s1. The van der Waals surface area contributed by atoms with Gasteiger partial charge in [-0.1, -0.05) is 0 Å². The Morgan fingerprint density at radius 3 is 2.88 bits per heavy atom. The molecule has 0 unspecified atom stereocenters. The number of imidazole rings is 1. The smallest absolute Gasteiger partial charge is 0.342 e. The highest BCUT2D eigenvalue weighted by molar-refractivity contribution is 7.39. The summed E-state index contributed by atoms with van der Waals surface area (Å²) in [5, 5.41) is 10.7. The third kappa shape index (κ3) is 3.86. The quantitative estimate of drug-likeness (QED) is 0.348. The number of nitrogens with zero attached hydrogens (tertiary/aromatic N) is 3. The minimum atomic E-state index is -2.55. The zero-order valence-electron chi connectivity index (χ0n) is 8.85. The fourth-order valence-electron chi connectivity index (χ4n) is 1.27. The number of nitro groups is 1. The van der Waals surface area contributed by atoms with E-state index in [1.165, 1.54) is 4.57 Å². The van der Waals surface area contributed by atoms with Gasteiger partial charge >= 0.3 is 14.4 Å². The van der Waals surface area contributed by atoms with E-state index in [1.807, 2.05) is 0 Å². The lowest BCUT2D eigenvalue weighted by molar-refractivity contribution is -0.392. The van der Waals surface area contributed by atoms with E-state index in [-0.39, 0.29) is 18.2 Å². The van der Waals surface area contributed by atoms with Crippen LogP contribution < -0.4 is 0 Å². The van der Waals surface area contributed by atoms with Gasteiger partial charge in [0.25, 0.3) is 0 Å². The molecule has 0 fully saturated rings. The lowest BCUT2D eigenvalue weighted by atomic mass is 10.4. The summed E-state index contributed by atoms with van der Waals surface area (Å²) in [6.45, 7) is 1.63. The number of halogens is 1. The van der Waals surface area contributed by atoms with Crippen molar-refractivity contribution in [3.05, 3.63) is 22.1 Å². The first-order chi connectivity index (χ1) is 7.95. The van der Waals surface area contributed by atoms with Crippen molar-refractivity contribution >= 4 is 26.0 Å². The molecule has 1 atom stereocenters. The molecule has 0 aromatic carbocycles. The summed E-state index contributed by atoms with van der Waals surface area (Å²) >= 11 is 5.57. The van der Waals surface area contributed by atoms with Crippen LogP contribution in [0.5, 0.6) is 0 Å². The molecule has 1 aromatic rings. The number of aromatic nitrogens is 2. The van der Waals surface area contributed by atoms with E-state index >= 15 is 0 Å². The van der Waals surface area contributed by atoms with Crippen molar-refractivity contribution in [2.24, 2.45) is 0 Å². The third-order valence-electron chi connectivity index (χ3n) is 2.02. The fourth-order valence-corrected chi connectivity index (χ4v) is 1.93. The van der Waals surface area contributed by atoms with Crippen LogP contribution in [0.1, 0.15) is 5.82 Å². The highest BCUT2D eigenvalue weighted by Crippen LogP contribution is 2.28. The molecule has 0 radical (unpaired) electrons. The molecule has 8 nitrogen and oxygen atoms in total. The molecule has 0 saturated carbocycles. The Bertz CT molecular complexity index is 399. The van der Waals surface area contributed by atoms with Crippen LogP contribution in [0.15, 0.2) is 6.20 Å². The first-order valence-corrected chi connectivity index (χ1v) is 6.22. The van der Waals surface area contributed by atoms with Gasteiger partial charge in [-0.25, -0.2) is 9.55 Å². The molecule has 10 heteroatoms. The molecule has 96 valence electrons. The van der Waals surface area contributed by atoms with Crippen LogP contribution in [-0.4, -0.2) is 36.2 Å². The predicted molar refractivity (Wildman–Crippen MR) is 60.6 cm³/mol. The van der Waals surface area contributed by atoms with Crippen LogP contribution in [0.3, 0.4) is 0 Å². The largest absolute Gasteiger partial charge is 0.358 e. The molecule has 0 bridgehead atoms. The molecule has 0 spiro atoms. The number of aryl methyl sites for hydroxylation is 1. The third-order valence-corrected chi connectivity index (χ3v) is 2.85. The van der Waals surface area contributed by atoms with Gasteiger partial charge in [-0.2, -0.15) is 0 Å². The predicted octanol–water partition coefficient (Wildman–Crippen LogP) is 0.935. The van der Waals surface area contributed by atoms with Gasteiger partial charge in [-0.05, 0) is 4.92 Å². The highest BCUT2D eigenvalue weighted by atomic mass is 35.5. The van der Waals surface area contributed by atoms with Gasteiger partial charge in [0.15, 0.2) is 5.82 Å². The monoisotopic (exact) mass is 283 g/mol. The van der Waals surface area contributed by atoms with Crippen LogP contribution in [0.25, 0.3) is 0 Å². The lowest BCUT2D eigenvalue weighted by Crippen LogP contribution is -2.21. The Hall–Kier alpha value is -0.790. The van der Waals surface area contributed by atoms with Crippen molar-refractivity contribution in [1.29, 1.82) is 0 Å². The van der Waals surface area contributed by atoms with Crippen molar-refractivity contribution < 1.29 is 19.2 Å². The van der Waals surface area contributed by atoms with Crippen molar-refractivity contribution in [3.63, 3.8) is 0 Å². The first-order valence-electron chi connectivity index (χ1n) is 4.52. The highest BCUT2D eigenvalue weighted by Gasteiger charge is 2.23. The van der Waals surface area contributed by atoms with Gasteiger partial charge in [-0.3, -0.25) is 0 Å². The summed E-state index contributed by atoms with van der Waals surface area (Å²) in [5.74, 6) is 0.214. The molecule has 0 aliphatic rings. The van der Waals surface area contributed by atoms with Crippen molar-refractivity contribution in [1.82, 2.24) is 9.55 Å². The number of alkyl halides is 1. The Kier molecular flexibility index (Phi) is 5.23. The molecule has 17 heavy (non-hydrogen) atoms. The SMILES string of the molecule is Cc1ncc([N+](=O)[O-])n1C[C@H](CCl)OP(O)O. The summed E-state index contributed by atoms with van der Waals surface area (Å²) in [4.78, 5) is 31.4. The van der Waals surface area contributed by atoms with Crippen molar-refractivity contribution in [2.45, 2.75) is 19.6 Å². The van der Waals surface area contributed by atoms with Gasteiger partial charge < -0.3 is 24.4 Å². The molecule has 0 aliphatic heterocycles. The van der Waals surface area contributed by atoms with E-state index in [9.17, 15) is 10.1 Å². The van der Waals surface area contributed by atoms with Gasteiger partial charge in [0.05, 0.1) is 5.88 Å². The molecule has 1 rings (SSSR count).